The van der Waals surface area contributed by atoms with Crippen LogP contribution in [0.1, 0.15) is 5.69 Å². The molecule has 6 heteroatoms. The zero-order valence-corrected chi connectivity index (χ0v) is 10.2. The zero-order valence-electron chi connectivity index (χ0n) is 10.2. The first-order chi connectivity index (χ1) is 9.28. The Bertz CT molecular complexity index is 783. The molecule has 0 aliphatic heterocycles. The van der Waals surface area contributed by atoms with Crippen molar-refractivity contribution in [2.75, 3.05) is 5.32 Å². The maximum absolute atomic E-state index is 9.15. The number of rotatable bonds is 2. The second-order valence-corrected chi connectivity index (χ2v) is 4.08. The van der Waals surface area contributed by atoms with Crippen LogP contribution in [0.25, 0.3) is 10.9 Å². The summed E-state index contributed by atoms with van der Waals surface area (Å²) in [4.78, 5) is 0. The number of nitriles is 1. The van der Waals surface area contributed by atoms with Gasteiger partial charge in [0, 0.05) is 18.6 Å². The van der Waals surface area contributed by atoms with Crippen molar-refractivity contribution in [1.29, 1.82) is 5.26 Å². The number of hydrogen-bond donors (Lipinski definition) is 1. The van der Waals surface area contributed by atoms with E-state index in [9.17, 15) is 0 Å². The lowest BCUT2D eigenvalue weighted by atomic mass is 10.1. The van der Waals surface area contributed by atoms with Gasteiger partial charge in [0.05, 0.1) is 23.1 Å². The third-order valence-electron chi connectivity index (χ3n) is 2.75. The van der Waals surface area contributed by atoms with E-state index in [0.29, 0.717) is 5.69 Å². The van der Waals surface area contributed by atoms with E-state index in [1.54, 1.807) is 10.9 Å². The zero-order chi connectivity index (χ0) is 13.2. The molecule has 0 saturated heterocycles. The number of anilines is 2. The van der Waals surface area contributed by atoms with Gasteiger partial charge in [0.1, 0.15) is 6.07 Å². The minimum atomic E-state index is 0.266. The molecule has 0 radical (unpaired) electrons. The minimum absolute atomic E-state index is 0.266. The molecular weight excluding hydrogens is 240 g/mol. The molecule has 0 unspecified atom stereocenters. The fraction of sp³-hybridized carbons (Fsp3) is 0.0769. The standard InChI is InChI=1S/C13H10N6/c1-19-8-9(7-15-19)16-13-10-4-2-3-5-11(10)17-18-12(13)6-14/h2-5,7-8H,1H3,(H,16,17). The molecule has 0 saturated carbocycles. The van der Waals surface area contributed by atoms with E-state index in [-0.39, 0.29) is 5.69 Å². The maximum atomic E-state index is 9.15. The number of hydrogen-bond acceptors (Lipinski definition) is 5. The average Bonchev–Trinajstić information content (AvgIpc) is 2.85. The van der Waals surface area contributed by atoms with E-state index in [1.165, 1.54) is 0 Å². The molecule has 0 fully saturated rings. The summed E-state index contributed by atoms with van der Waals surface area (Å²) >= 11 is 0. The molecule has 2 aromatic heterocycles. The first kappa shape index (κ1) is 11.2. The van der Waals surface area contributed by atoms with E-state index >= 15 is 0 Å². The molecule has 2 heterocycles. The van der Waals surface area contributed by atoms with Crippen molar-refractivity contribution < 1.29 is 0 Å². The van der Waals surface area contributed by atoms with Crippen LogP contribution >= 0.6 is 0 Å². The summed E-state index contributed by atoms with van der Waals surface area (Å²) in [6, 6.07) is 9.60. The number of aryl methyl sites for hydroxylation is 1. The van der Waals surface area contributed by atoms with Crippen LogP contribution < -0.4 is 5.32 Å². The summed E-state index contributed by atoms with van der Waals surface area (Å²) in [7, 11) is 1.83. The molecule has 0 atom stereocenters. The van der Waals surface area contributed by atoms with Crippen molar-refractivity contribution >= 4 is 22.3 Å². The smallest absolute Gasteiger partial charge is 0.187 e. The van der Waals surface area contributed by atoms with Crippen molar-refractivity contribution in [3.05, 3.63) is 42.4 Å². The van der Waals surface area contributed by atoms with E-state index in [2.05, 4.69) is 26.7 Å². The van der Waals surface area contributed by atoms with Crippen molar-refractivity contribution in [2.24, 2.45) is 7.05 Å². The Morgan fingerprint density at radius 2 is 2.11 bits per heavy atom. The molecule has 0 bridgehead atoms. The first-order valence-corrected chi connectivity index (χ1v) is 5.69. The summed E-state index contributed by atoms with van der Waals surface area (Å²) in [5.41, 5.74) is 2.47. The molecule has 1 N–H and O–H groups in total. The lowest BCUT2D eigenvalue weighted by molar-refractivity contribution is 0.768. The van der Waals surface area contributed by atoms with Crippen LogP contribution in [0.5, 0.6) is 0 Å². The molecule has 0 aliphatic rings. The van der Waals surface area contributed by atoms with E-state index in [0.717, 1.165) is 16.6 Å². The van der Waals surface area contributed by atoms with E-state index in [1.807, 2.05) is 37.5 Å². The number of nitrogens with one attached hydrogen (secondary N) is 1. The van der Waals surface area contributed by atoms with Gasteiger partial charge in [-0.3, -0.25) is 4.68 Å². The third-order valence-corrected chi connectivity index (χ3v) is 2.75. The summed E-state index contributed by atoms with van der Waals surface area (Å²) in [6.07, 6.45) is 3.52. The van der Waals surface area contributed by atoms with Crippen molar-refractivity contribution in [2.45, 2.75) is 0 Å². The highest BCUT2D eigenvalue weighted by molar-refractivity contribution is 5.94. The monoisotopic (exact) mass is 250 g/mol. The van der Waals surface area contributed by atoms with E-state index < -0.39 is 0 Å². The largest absolute Gasteiger partial charge is 0.350 e. The summed E-state index contributed by atoms with van der Waals surface area (Å²) < 4.78 is 1.69. The summed E-state index contributed by atoms with van der Waals surface area (Å²) in [5, 5.41) is 25.2. The van der Waals surface area contributed by atoms with Crippen molar-refractivity contribution in [3.63, 3.8) is 0 Å². The van der Waals surface area contributed by atoms with Crippen molar-refractivity contribution in [1.82, 2.24) is 20.0 Å². The quantitative estimate of drug-likeness (QED) is 0.752. The predicted molar refractivity (Wildman–Crippen MR) is 70.7 cm³/mol. The number of nitrogens with zero attached hydrogens (tertiary/aromatic N) is 5. The normalized spacial score (nSPS) is 10.3. The van der Waals surface area contributed by atoms with Crippen molar-refractivity contribution in [3.8, 4) is 6.07 Å². The Hall–Kier alpha value is -2.94. The highest BCUT2D eigenvalue weighted by atomic mass is 15.3. The van der Waals surface area contributed by atoms with Crippen LogP contribution in [0.4, 0.5) is 11.4 Å². The second-order valence-electron chi connectivity index (χ2n) is 4.08. The van der Waals surface area contributed by atoms with Crippen LogP contribution in [-0.4, -0.2) is 20.0 Å². The Balaban J connectivity index is 2.17. The van der Waals surface area contributed by atoms with Crippen LogP contribution in [0.2, 0.25) is 0 Å². The third kappa shape index (κ3) is 1.98. The molecule has 19 heavy (non-hydrogen) atoms. The molecule has 1 aromatic carbocycles. The van der Waals surface area contributed by atoms with Gasteiger partial charge in [0.25, 0.3) is 0 Å². The Morgan fingerprint density at radius 1 is 1.26 bits per heavy atom. The molecular formula is C13H10N6. The summed E-state index contributed by atoms with van der Waals surface area (Å²) in [5.74, 6) is 0. The van der Waals surface area contributed by atoms with Gasteiger partial charge in [-0.2, -0.15) is 10.4 Å². The number of aromatic nitrogens is 4. The Morgan fingerprint density at radius 3 is 2.84 bits per heavy atom. The van der Waals surface area contributed by atoms with Gasteiger partial charge < -0.3 is 5.32 Å². The minimum Gasteiger partial charge on any atom is -0.350 e. The molecule has 3 rings (SSSR count). The van der Waals surface area contributed by atoms with Gasteiger partial charge in [-0.25, -0.2) is 0 Å². The van der Waals surface area contributed by atoms with Crippen LogP contribution in [0.3, 0.4) is 0 Å². The molecule has 0 spiro atoms. The fourth-order valence-corrected chi connectivity index (χ4v) is 1.89. The topological polar surface area (TPSA) is 79.4 Å². The Labute approximate surface area is 109 Å². The van der Waals surface area contributed by atoms with Crippen LogP contribution in [0, 0.1) is 11.3 Å². The van der Waals surface area contributed by atoms with Gasteiger partial charge in [-0.15, -0.1) is 10.2 Å². The van der Waals surface area contributed by atoms with Crippen LogP contribution in [-0.2, 0) is 7.05 Å². The van der Waals surface area contributed by atoms with Gasteiger partial charge in [0.2, 0.25) is 0 Å². The Kier molecular flexibility index (Phi) is 2.58. The molecule has 92 valence electrons. The number of benzene rings is 1. The fourth-order valence-electron chi connectivity index (χ4n) is 1.89. The van der Waals surface area contributed by atoms with Crippen LogP contribution in [0.15, 0.2) is 36.7 Å². The summed E-state index contributed by atoms with van der Waals surface area (Å²) in [6.45, 7) is 0. The van der Waals surface area contributed by atoms with Gasteiger partial charge in [0.15, 0.2) is 5.69 Å². The highest BCUT2D eigenvalue weighted by Gasteiger charge is 2.10. The molecule has 6 nitrogen and oxygen atoms in total. The second kappa shape index (κ2) is 4.38. The maximum Gasteiger partial charge on any atom is 0.187 e. The lowest BCUT2D eigenvalue weighted by Gasteiger charge is -2.08. The molecule has 0 aliphatic carbocycles. The molecule has 3 aromatic rings. The molecule has 0 amide bonds. The van der Waals surface area contributed by atoms with E-state index in [4.69, 9.17) is 5.26 Å². The first-order valence-electron chi connectivity index (χ1n) is 5.69. The predicted octanol–water partition coefficient (Wildman–Crippen LogP) is 1.98. The average molecular weight is 250 g/mol. The van der Waals surface area contributed by atoms with Gasteiger partial charge in [-0.05, 0) is 6.07 Å². The van der Waals surface area contributed by atoms with Gasteiger partial charge in [-0.1, -0.05) is 18.2 Å². The lowest BCUT2D eigenvalue weighted by Crippen LogP contribution is -1.99. The SMILES string of the molecule is Cn1cc(Nc2c(C#N)nnc3ccccc23)cn1. The highest BCUT2D eigenvalue weighted by Crippen LogP contribution is 2.26. The van der Waals surface area contributed by atoms with Gasteiger partial charge >= 0.3 is 0 Å². The number of fused-ring (bicyclic) bond motifs is 1.